The summed E-state index contributed by atoms with van der Waals surface area (Å²) in [5, 5.41) is 11.5. The van der Waals surface area contributed by atoms with E-state index < -0.39 is 59.0 Å². The second-order valence-corrected chi connectivity index (χ2v) is 17.9. The van der Waals surface area contributed by atoms with Crippen molar-refractivity contribution in [3.05, 3.63) is 36.0 Å². The third-order valence-electron chi connectivity index (χ3n) is 11.0. The van der Waals surface area contributed by atoms with Crippen LogP contribution in [-0.4, -0.2) is 95.6 Å². The number of nitrogens with one attached hydrogen (secondary N) is 4. The van der Waals surface area contributed by atoms with Crippen LogP contribution in [0.15, 0.2) is 36.0 Å². The minimum absolute atomic E-state index is 0.0765. The van der Waals surface area contributed by atoms with Gasteiger partial charge in [-0.25, -0.2) is 4.79 Å². The average molecular weight is 737 g/mol. The zero-order valence-corrected chi connectivity index (χ0v) is 33.3. The van der Waals surface area contributed by atoms with Gasteiger partial charge in [0.1, 0.15) is 12.1 Å². The minimum atomic E-state index is -1.05. The van der Waals surface area contributed by atoms with Gasteiger partial charge >= 0.3 is 6.03 Å². The number of carbonyl (C=O) groups is 6. The third kappa shape index (κ3) is 11.0. The minimum Gasteiger partial charge on any atom is -0.346 e. The average Bonchev–Trinajstić information content (AvgIpc) is 3.69. The number of allylic oxidation sites excluding steroid dienone is 2. The van der Waals surface area contributed by atoms with E-state index in [9.17, 15) is 28.8 Å². The van der Waals surface area contributed by atoms with Crippen LogP contribution in [-0.2, 0) is 24.0 Å². The largest absolute Gasteiger partial charge is 0.346 e. The highest BCUT2D eigenvalue weighted by Crippen LogP contribution is 2.40. The van der Waals surface area contributed by atoms with Gasteiger partial charge in [-0.1, -0.05) is 99.3 Å². The summed E-state index contributed by atoms with van der Waals surface area (Å²) in [6.45, 7) is 20.7. The van der Waals surface area contributed by atoms with Gasteiger partial charge in [0.2, 0.25) is 23.5 Å². The first-order valence-electron chi connectivity index (χ1n) is 19.6. The lowest BCUT2D eigenvalue weighted by atomic mass is 9.85. The Kier molecular flexibility index (Phi) is 13.8. The molecule has 2 unspecified atom stereocenters. The molecule has 3 fully saturated rings. The van der Waals surface area contributed by atoms with Gasteiger partial charge in [0.15, 0.2) is 0 Å². The number of piperidine rings is 1. The molecule has 2 saturated heterocycles. The van der Waals surface area contributed by atoms with Crippen LogP contribution in [0.3, 0.4) is 0 Å². The van der Waals surface area contributed by atoms with Gasteiger partial charge in [-0.3, -0.25) is 24.0 Å². The summed E-state index contributed by atoms with van der Waals surface area (Å²) in [5.41, 5.74) is 0.860. The Morgan fingerprint density at radius 1 is 0.981 bits per heavy atom. The van der Waals surface area contributed by atoms with Crippen LogP contribution in [0.1, 0.15) is 107 Å². The summed E-state index contributed by atoms with van der Waals surface area (Å²) in [5.74, 6) is -1.94. The monoisotopic (exact) mass is 736 g/mol. The predicted molar refractivity (Wildman–Crippen MR) is 205 cm³/mol. The van der Waals surface area contributed by atoms with E-state index in [-0.39, 0.29) is 36.4 Å². The number of urea groups is 1. The highest BCUT2D eigenvalue weighted by molar-refractivity contribution is 6.38. The van der Waals surface area contributed by atoms with Crippen LogP contribution in [0, 0.1) is 28.6 Å². The van der Waals surface area contributed by atoms with Crippen LogP contribution in [0.5, 0.6) is 0 Å². The molecule has 1 saturated carbocycles. The van der Waals surface area contributed by atoms with E-state index in [1.807, 2.05) is 53.7 Å². The lowest BCUT2D eigenvalue weighted by molar-refractivity contribution is -0.144. The van der Waals surface area contributed by atoms with Gasteiger partial charge in [0.25, 0.3) is 5.91 Å². The molecule has 53 heavy (non-hydrogen) atoms. The Morgan fingerprint density at radius 2 is 1.68 bits per heavy atom. The molecule has 4 aliphatic rings. The molecule has 2 heterocycles. The third-order valence-corrected chi connectivity index (χ3v) is 11.0. The van der Waals surface area contributed by atoms with Crippen molar-refractivity contribution < 1.29 is 28.8 Å². The van der Waals surface area contributed by atoms with E-state index in [0.717, 1.165) is 43.3 Å². The predicted octanol–water partition coefficient (Wildman–Crippen LogP) is 4.41. The van der Waals surface area contributed by atoms with Crippen molar-refractivity contribution in [3.8, 4) is 0 Å². The van der Waals surface area contributed by atoms with E-state index in [2.05, 4.69) is 41.7 Å². The molecular weight excluding hydrogens is 672 g/mol. The number of likely N-dealkylation sites (tertiary alicyclic amines) is 2. The van der Waals surface area contributed by atoms with Gasteiger partial charge in [-0.15, -0.1) is 6.58 Å². The summed E-state index contributed by atoms with van der Waals surface area (Å²) in [6.07, 6.45) is 12.1. The van der Waals surface area contributed by atoms with Gasteiger partial charge in [-0.2, -0.15) is 0 Å². The van der Waals surface area contributed by atoms with Crippen molar-refractivity contribution in [3.63, 3.8) is 0 Å². The molecule has 0 aromatic rings. The SMILES string of the molecule is C=CCNC(=O)C(=O)C(CCCC1CC1)NC(=O)[C@@H]1C2C=C(C(C)C)C=C2CN1C(=O)[C@@H](NC(=O)N[C@H](CN1CCCCC1=O)C(C)(C)C)C(C)(C)C. The lowest BCUT2D eigenvalue weighted by Gasteiger charge is -2.39. The smallest absolute Gasteiger partial charge is 0.315 e. The molecule has 2 aliphatic heterocycles. The summed E-state index contributed by atoms with van der Waals surface area (Å²) in [6, 6.07) is -3.95. The summed E-state index contributed by atoms with van der Waals surface area (Å²) < 4.78 is 0. The van der Waals surface area contributed by atoms with Gasteiger partial charge in [0.05, 0.1) is 12.1 Å². The quantitative estimate of drug-likeness (QED) is 0.136. The van der Waals surface area contributed by atoms with E-state index >= 15 is 0 Å². The Bertz CT molecular complexity index is 1480. The first-order chi connectivity index (χ1) is 24.8. The number of fused-ring (bicyclic) bond motifs is 1. The van der Waals surface area contributed by atoms with Crippen molar-refractivity contribution >= 4 is 35.4 Å². The standard InChI is InChI=1S/C41H64N6O6/c1-10-19-42-37(51)34(49)30(15-13-14-26-17-18-26)43-36(50)33-29-22-27(25(2)3)21-28(29)23-47(33)38(52)35(41(7,8)9)45-39(53)44-31(40(4,5)6)24-46-20-12-11-16-32(46)48/h10,21-22,25-26,29-31,33,35H,1,11-20,23-24H2,2-9H3,(H,42,51)(H,43,50)(H2,44,45,53)/t29?,30?,31-,33+,35-/m1/s1. The zero-order valence-electron chi connectivity index (χ0n) is 33.3. The molecule has 12 nitrogen and oxygen atoms in total. The second-order valence-electron chi connectivity index (χ2n) is 17.9. The first-order valence-corrected chi connectivity index (χ1v) is 19.6. The van der Waals surface area contributed by atoms with Crippen molar-refractivity contribution in [1.29, 1.82) is 0 Å². The zero-order chi connectivity index (χ0) is 39.2. The molecule has 6 amide bonds. The molecule has 4 rings (SSSR count). The Balaban J connectivity index is 1.58. The maximum atomic E-state index is 14.7. The van der Waals surface area contributed by atoms with Crippen LogP contribution in [0.4, 0.5) is 4.79 Å². The molecule has 4 N–H and O–H groups in total. The second kappa shape index (κ2) is 17.5. The summed E-state index contributed by atoms with van der Waals surface area (Å²) in [4.78, 5) is 85.0. The Morgan fingerprint density at radius 3 is 2.26 bits per heavy atom. The van der Waals surface area contributed by atoms with Crippen LogP contribution in [0.2, 0.25) is 0 Å². The summed E-state index contributed by atoms with van der Waals surface area (Å²) >= 11 is 0. The van der Waals surface area contributed by atoms with E-state index in [1.54, 1.807) is 4.90 Å². The Labute approximate surface area is 316 Å². The Hall–Kier alpha value is -3.96. The van der Waals surface area contributed by atoms with Crippen molar-refractivity contribution in [2.24, 2.45) is 28.6 Å². The fraction of sp³-hybridized carbons (Fsp3) is 0.707. The topological polar surface area (TPSA) is 157 Å². The van der Waals surface area contributed by atoms with Gasteiger partial charge in [-0.05, 0) is 53.1 Å². The van der Waals surface area contributed by atoms with Crippen molar-refractivity contribution in [2.45, 2.75) is 131 Å². The number of Topliss-reactive ketones (excluding diaryl/α,β-unsaturated/α-hetero) is 1. The van der Waals surface area contributed by atoms with Gasteiger partial charge < -0.3 is 31.1 Å². The number of amides is 6. The van der Waals surface area contributed by atoms with E-state index in [0.29, 0.717) is 38.3 Å². The van der Waals surface area contributed by atoms with Gasteiger partial charge in [0, 0.05) is 38.5 Å². The molecule has 2 aliphatic carbocycles. The fourth-order valence-electron chi connectivity index (χ4n) is 7.40. The van der Waals surface area contributed by atoms with Crippen molar-refractivity contribution in [2.75, 3.05) is 26.2 Å². The number of hydrogen-bond acceptors (Lipinski definition) is 6. The number of nitrogens with zero attached hydrogens (tertiary/aromatic N) is 2. The molecule has 12 heteroatoms. The molecule has 0 radical (unpaired) electrons. The van der Waals surface area contributed by atoms with Crippen LogP contribution in [0.25, 0.3) is 0 Å². The molecule has 0 spiro atoms. The molecule has 0 aromatic heterocycles. The molecule has 0 bridgehead atoms. The fourth-order valence-corrected chi connectivity index (χ4v) is 7.40. The van der Waals surface area contributed by atoms with Crippen molar-refractivity contribution in [1.82, 2.24) is 31.1 Å². The number of carbonyl (C=O) groups excluding carboxylic acids is 6. The maximum Gasteiger partial charge on any atom is 0.315 e. The van der Waals surface area contributed by atoms with E-state index in [1.165, 1.54) is 11.0 Å². The normalized spacial score (nSPS) is 21.9. The first kappa shape index (κ1) is 41.8. The molecular formula is C41H64N6O6. The number of ketones is 1. The van der Waals surface area contributed by atoms with Crippen LogP contribution < -0.4 is 21.3 Å². The highest BCUT2D eigenvalue weighted by Gasteiger charge is 2.50. The number of rotatable bonds is 16. The number of hydrogen-bond donors (Lipinski definition) is 4. The molecule has 294 valence electrons. The highest BCUT2D eigenvalue weighted by atomic mass is 16.2. The maximum absolute atomic E-state index is 14.7. The van der Waals surface area contributed by atoms with E-state index in [4.69, 9.17) is 0 Å². The molecule has 5 atom stereocenters. The lowest BCUT2D eigenvalue weighted by Crippen LogP contribution is -2.62. The van der Waals surface area contributed by atoms with Crippen LogP contribution >= 0.6 is 0 Å². The summed E-state index contributed by atoms with van der Waals surface area (Å²) in [7, 11) is 0. The molecule has 0 aromatic carbocycles.